The van der Waals surface area contributed by atoms with Crippen LogP contribution in [-0.2, 0) is 4.79 Å². The van der Waals surface area contributed by atoms with Crippen molar-refractivity contribution in [2.75, 3.05) is 38.2 Å². The van der Waals surface area contributed by atoms with E-state index in [0.29, 0.717) is 12.5 Å². The van der Waals surface area contributed by atoms with E-state index >= 15 is 0 Å². The quantitative estimate of drug-likeness (QED) is 0.822. The highest BCUT2D eigenvalue weighted by Gasteiger charge is 2.33. The molecule has 0 aromatic heterocycles. The number of hydrogen-bond donors (Lipinski definition) is 1. The molecule has 1 saturated carbocycles. The summed E-state index contributed by atoms with van der Waals surface area (Å²) in [5.41, 5.74) is 0. The number of aliphatic hydroxyl groups excluding tert-OH is 1. The van der Waals surface area contributed by atoms with Gasteiger partial charge in [-0.15, -0.1) is 0 Å². The molecule has 0 unspecified atom stereocenters. The van der Waals surface area contributed by atoms with Crippen LogP contribution in [0, 0.1) is 0 Å². The number of rotatable bonds is 4. The summed E-state index contributed by atoms with van der Waals surface area (Å²) in [4.78, 5) is 16.2. The lowest BCUT2D eigenvalue weighted by atomic mass is 10.1. The molecule has 0 radical (unpaired) electrons. The van der Waals surface area contributed by atoms with Crippen LogP contribution in [0.25, 0.3) is 0 Å². The minimum absolute atomic E-state index is 0.149. The van der Waals surface area contributed by atoms with Crippen LogP contribution in [0.4, 0.5) is 0 Å². The Morgan fingerprint density at radius 2 is 2.00 bits per heavy atom. The second-order valence-corrected chi connectivity index (χ2v) is 6.21. The molecule has 2 aliphatic rings. The zero-order valence-corrected chi connectivity index (χ0v) is 12.0. The third-order valence-electron chi connectivity index (χ3n) is 4.10. The van der Waals surface area contributed by atoms with Gasteiger partial charge in [-0.05, 0) is 25.5 Å². The maximum Gasteiger partial charge on any atom is 0.223 e. The maximum absolute atomic E-state index is 11.9. The Balaban J connectivity index is 1.75. The van der Waals surface area contributed by atoms with E-state index in [9.17, 15) is 9.90 Å². The highest BCUT2D eigenvalue weighted by atomic mass is 32.2. The van der Waals surface area contributed by atoms with Crippen LogP contribution < -0.4 is 0 Å². The first-order valence-electron chi connectivity index (χ1n) is 6.91. The summed E-state index contributed by atoms with van der Waals surface area (Å²) in [6, 6.07) is 0.341. The molecule has 0 spiro atoms. The molecule has 1 amide bonds. The van der Waals surface area contributed by atoms with Crippen LogP contribution in [0.5, 0.6) is 0 Å². The summed E-state index contributed by atoms with van der Waals surface area (Å²) in [7, 11) is 0. The molecule has 0 aromatic rings. The second-order valence-electron chi connectivity index (χ2n) is 5.23. The van der Waals surface area contributed by atoms with E-state index in [1.807, 2.05) is 11.2 Å². The van der Waals surface area contributed by atoms with Crippen molar-refractivity contribution < 1.29 is 9.90 Å². The molecule has 5 heteroatoms. The molecule has 2 fully saturated rings. The zero-order valence-electron chi connectivity index (χ0n) is 11.2. The Labute approximate surface area is 114 Å². The molecule has 4 nitrogen and oxygen atoms in total. The first kappa shape index (κ1) is 14.2. The molecule has 0 aromatic carbocycles. The first-order valence-corrected chi connectivity index (χ1v) is 8.30. The summed E-state index contributed by atoms with van der Waals surface area (Å²) in [5.74, 6) is 1.20. The van der Waals surface area contributed by atoms with Crippen molar-refractivity contribution in [2.45, 2.75) is 37.8 Å². The number of carbonyl (C=O) groups excluding carboxylic acids is 1. The third-order valence-corrected chi connectivity index (χ3v) is 4.71. The topological polar surface area (TPSA) is 43.8 Å². The van der Waals surface area contributed by atoms with Crippen molar-refractivity contribution in [1.29, 1.82) is 0 Å². The molecular weight excluding hydrogens is 248 g/mol. The van der Waals surface area contributed by atoms with Crippen molar-refractivity contribution in [3.63, 3.8) is 0 Å². The molecule has 104 valence electrons. The normalized spacial score (nSPS) is 29.8. The molecule has 2 rings (SSSR count). The molecule has 1 heterocycles. The largest absolute Gasteiger partial charge is 0.391 e. The van der Waals surface area contributed by atoms with E-state index < -0.39 is 0 Å². The van der Waals surface area contributed by atoms with Gasteiger partial charge in [-0.3, -0.25) is 9.69 Å². The van der Waals surface area contributed by atoms with Gasteiger partial charge in [0.15, 0.2) is 0 Å². The average Bonchev–Trinajstić information content (AvgIpc) is 2.82. The first-order chi connectivity index (χ1) is 8.72. The van der Waals surface area contributed by atoms with Crippen molar-refractivity contribution in [2.24, 2.45) is 0 Å². The second kappa shape index (κ2) is 6.78. The lowest BCUT2D eigenvalue weighted by molar-refractivity contribution is -0.133. The number of amides is 1. The molecule has 1 aliphatic heterocycles. The number of hydrogen-bond acceptors (Lipinski definition) is 4. The number of thioether (sulfide) groups is 1. The van der Waals surface area contributed by atoms with Crippen molar-refractivity contribution in [3.8, 4) is 0 Å². The predicted molar refractivity (Wildman–Crippen MR) is 74.8 cm³/mol. The molecule has 1 aliphatic carbocycles. The van der Waals surface area contributed by atoms with Gasteiger partial charge in [-0.25, -0.2) is 0 Å². The SMILES string of the molecule is CSCCC(=O)N1CCN([C@H]2CCC[C@@H]2O)CC1. The van der Waals surface area contributed by atoms with Gasteiger partial charge < -0.3 is 10.0 Å². The Morgan fingerprint density at radius 1 is 1.28 bits per heavy atom. The van der Waals surface area contributed by atoms with Gasteiger partial charge in [0, 0.05) is 44.4 Å². The Kier molecular flexibility index (Phi) is 5.33. The summed E-state index contributed by atoms with van der Waals surface area (Å²) in [5, 5.41) is 9.91. The summed E-state index contributed by atoms with van der Waals surface area (Å²) >= 11 is 1.72. The number of nitrogens with zero attached hydrogens (tertiary/aromatic N) is 2. The molecule has 18 heavy (non-hydrogen) atoms. The lowest BCUT2D eigenvalue weighted by Crippen LogP contribution is -2.53. The van der Waals surface area contributed by atoms with E-state index in [2.05, 4.69) is 4.90 Å². The zero-order chi connectivity index (χ0) is 13.0. The van der Waals surface area contributed by atoms with Crippen molar-refractivity contribution in [3.05, 3.63) is 0 Å². The van der Waals surface area contributed by atoms with Crippen LogP contribution in [0.15, 0.2) is 0 Å². The highest BCUT2D eigenvalue weighted by Crippen LogP contribution is 2.25. The van der Waals surface area contributed by atoms with Gasteiger partial charge >= 0.3 is 0 Å². The molecular formula is C13H24N2O2S. The molecule has 2 atom stereocenters. The summed E-state index contributed by atoms with van der Waals surface area (Å²) in [6.07, 6.45) is 5.74. The van der Waals surface area contributed by atoms with Gasteiger partial charge in [0.05, 0.1) is 6.10 Å². The highest BCUT2D eigenvalue weighted by molar-refractivity contribution is 7.98. The number of aliphatic hydroxyl groups is 1. The smallest absolute Gasteiger partial charge is 0.223 e. The minimum atomic E-state index is -0.149. The Morgan fingerprint density at radius 3 is 2.56 bits per heavy atom. The standard InChI is InChI=1S/C13H24N2O2S/c1-18-10-5-13(17)15-8-6-14(7-9-15)11-3-2-4-12(11)16/h11-12,16H,2-10H2,1H3/t11-,12-/m0/s1. The van der Waals surface area contributed by atoms with Crippen molar-refractivity contribution >= 4 is 17.7 Å². The summed E-state index contributed by atoms with van der Waals surface area (Å²) in [6.45, 7) is 3.51. The predicted octanol–water partition coefficient (Wildman–Crippen LogP) is 0.797. The lowest BCUT2D eigenvalue weighted by Gasteiger charge is -2.39. The van der Waals surface area contributed by atoms with Crippen LogP contribution >= 0.6 is 11.8 Å². The van der Waals surface area contributed by atoms with E-state index in [-0.39, 0.29) is 12.0 Å². The van der Waals surface area contributed by atoms with Crippen LogP contribution in [0.3, 0.4) is 0 Å². The van der Waals surface area contributed by atoms with Crippen LogP contribution in [0.1, 0.15) is 25.7 Å². The Bertz CT molecular complexity index is 280. The number of carbonyl (C=O) groups is 1. The molecule has 0 bridgehead atoms. The average molecular weight is 272 g/mol. The van der Waals surface area contributed by atoms with E-state index in [1.165, 1.54) is 0 Å². The van der Waals surface area contributed by atoms with E-state index in [0.717, 1.165) is 51.2 Å². The van der Waals surface area contributed by atoms with Gasteiger partial charge in [0.2, 0.25) is 5.91 Å². The maximum atomic E-state index is 11.9. The fourth-order valence-electron chi connectivity index (χ4n) is 3.00. The molecule has 1 saturated heterocycles. The monoisotopic (exact) mass is 272 g/mol. The Hall–Kier alpha value is -0.260. The van der Waals surface area contributed by atoms with Crippen LogP contribution in [0.2, 0.25) is 0 Å². The third kappa shape index (κ3) is 3.39. The van der Waals surface area contributed by atoms with Crippen LogP contribution in [-0.4, -0.2) is 71.1 Å². The van der Waals surface area contributed by atoms with E-state index in [1.54, 1.807) is 11.8 Å². The van der Waals surface area contributed by atoms with Crippen molar-refractivity contribution in [1.82, 2.24) is 9.80 Å². The van der Waals surface area contributed by atoms with Gasteiger partial charge in [-0.1, -0.05) is 0 Å². The van der Waals surface area contributed by atoms with E-state index in [4.69, 9.17) is 0 Å². The van der Waals surface area contributed by atoms with Gasteiger partial charge in [0.25, 0.3) is 0 Å². The molecule has 1 N–H and O–H groups in total. The number of piperazine rings is 1. The fraction of sp³-hybridized carbons (Fsp3) is 0.923. The fourth-order valence-corrected chi connectivity index (χ4v) is 3.38. The minimum Gasteiger partial charge on any atom is -0.391 e. The van der Waals surface area contributed by atoms with Gasteiger partial charge in [0.1, 0.15) is 0 Å². The summed E-state index contributed by atoms with van der Waals surface area (Å²) < 4.78 is 0. The van der Waals surface area contributed by atoms with Gasteiger partial charge in [-0.2, -0.15) is 11.8 Å².